The molecule has 3 rings (SSSR count). The van der Waals surface area contributed by atoms with E-state index in [9.17, 15) is 4.79 Å². The number of benzene rings is 2. The topological polar surface area (TPSA) is 51.2 Å². The summed E-state index contributed by atoms with van der Waals surface area (Å²) in [6.45, 7) is 0. The fourth-order valence-corrected chi connectivity index (χ4v) is 3.46. The van der Waals surface area contributed by atoms with Crippen LogP contribution in [0.15, 0.2) is 53.0 Å². The standard InChI is InChI=1S/C17H13BrN2O2S/c1-22-14-8-6-11(10-12(14)18)7-9-16(21)20-17-19-13-4-2-3-5-15(13)23-17/h2-10H,1H3,(H,19,20,21). The van der Waals surface area contributed by atoms with Crippen molar-refractivity contribution in [1.29, 1.82) is 0 Å². The Morgan fingerprint density at radius 1 is 1.30 bits per heavy atom. The van der Waals surface area contributed by atoms with Gasteiger partial charge in [-0.15, -0.1) is 0 Å². The first kappa shape index (κ1) is 15.7. The highest BCUT2D eigenvalue weighted by atomic mass is 79.9. The summed E-state index contributed by atoms with van der Waals surface area (Å²) in [7, 11) is 1.61. The molecule has 0 bridgehead atoms. The Hall–Kier alpha value is -2.18. The second kappa shape index (κ2) is 6.93. The van der Waals surface area contributed by atoms with Gasteiger partial charge >= 0.3 is 0 Å². The van der Waals surface area contributed by atoms with Gasteiger partial charge in [-0.3, -0.25) is 10.1 Å². The molecule has 0 aliphatic rings. The van der Waals surface area contributed by atoms with Gasteiger partial charge in [-0.25, -0.2) is 4.98 Å². The van der Waals surface area contributed by atoms with Gasteiger partial charge in [0.05, 0.1) is 21.8 Å². The molecule has 0 saturated carbocycles. The average Bonchev–Trinajstić information content (AvgIpc) is 2.95. The van der Waals surface area contributed by atoms with E-state index >= 15 is 0 Å². The second-order valence-corrected chi connectivity index (χ2v) is 6.59. The predicted octanol–water partition coefficient (Wildman–Crippen LogP) is 4.72. The molecular formula is C17H13BrN2O2S. The Balaban J connectivity index is 1.70. The van der Waals surface area contributed by atoms with Crippen molar-refractivity contribution in [1.82, 2.24) is 4.98 Å². The van der Waals surface area contributed by atoms with Crippen molar-refractivity contribution in [2.75, 3.05) is 12.4 Å². The average molecular weight is 389 g/mol. The van der Waals surface area contributed by atoms with Crippen LogP contribution in [0.3, 0.4) is 0 Å². The van der Waals surface area contributed by atoms with Gasteiger partial charge in [0.25, 0.3) is 0 Å². The molecule has 0 aliphatic carbocycles. The largest absolute Gasteiger partial charge is 0.496 e. The van der Waals surface area contributed by atoms with Gasteiger partial charge in [-0.05, 0) is 51.8 Å². The number of hydrogen-bond acceptors (Lipinski definition) is 4. The third kappa shape index (κ3) is 3.78. The maximum atomic E-state index is 12.0. The number of rotatable bonds is 4. The van der Waals surface area contributed by atoms with E-state index in [1.165, 1.54) is 17.4 Å². The SMILES string of the molecule is COc1ccc(C=CC(=O)Nc2nc3ccccc3s2)cc1Br. The summed E-state index contributed by atoms with van der Waals surface area (Å²) in [5.41, 5.74) is 1.79. The lowest BCUT2D eigenvalue weighted by molar-refractivity contribution is -0.111. The Labute approximate surface area is 145 Å². The number of methoxy groups -OCH3 is 1. The molecule has 1 aromatic heterocycles. The minimum atomic E-state index is -0.212. The quantitative estimate of drug-likeness (QED) is 0.657. The fraction of sp³-hybridized carbons (Fsp3) is 0.0588. The minimum absolute atomic E-state index is 0.212. The van der Waals surface area contributed by atoms with Gasteiger partial charge in [-0.2, -0.15) is 0 Å². The number of ether oxygens (including phenoxy) is 1. The van der Waals surface area contributed by atoms with E-state index in [2.05, 4.69) is 26.2 Å². The monoisotopic (exact) mass is 388 g/mol. The third-order valence-corrected chi connectivity index (χ3v) is 4.70. The van der Waals surface area contributed by atoms with Crippen molar-refractivity contribution in [3.63, 3.8) is 0 Å². The van der Waals surface area contributed by atoms with Gasteiger partial charge in [0.15, 0.2) is 5.13 Å². The van der Waals surface area contributed by atoms with Crippen LogP contribution >= 0.6 is 27.3 Å². The molecule has 1 heterocycles. The van der Waals surface area contributed by atoms with Crippen LogP contribution in [0, 0.1) is 0 Å². The van der Waals surface area contributed by atoms with E-state index in [0.29, 0.717) is 5.13 Å². The molecule has 1 N–H and O–H groups in total. The zero-order valence-corrected chi connectivity index (χ0v) is 14.6. The first-order chi connectivity index (χ1) is 11.2. The molecule has 0 saturated heterocycles. The number of carbonyl (C=O) groups excluding carboxylic acids is 1. The normalized spacial score (nSPS) is 11.0. The zero-order chi connectivity index (χ0) is 16.2. The molecule has 116 valence electrons. The summed E-state index contributed by atoms with van der Waals surface area (Å²) >= 11 is 4.87. The number of halogens is 1. The summed E-state index contributed by atoms with van der Waals surface area (Å²) in [5.74, 6) is 0.539. The smallest absolute Gasteiger partial charge is 0.250 e. The van der Waals surface area contributed by atoms with Crippen LogP contribution in [0.1, 0.15) is 5.56 Å². The van der Waals surface area contributed by atoms with Crippen LogP contribution in [0.25, 0.3) is 16.3 Å². The number of nitrogens with one attached hydrogen (secondary N) is 1. The number of carbonyl (C=O) groups is 1. The van der Waals surface area contributed by atoms with E-state index in [0.717, 1.165) is 26.0 Å². The highest BCUT2D eigenvalue weighted by Crippen LogP contribution is 2.27. The first-order valence-electron chi connectivity index (χ1n) is 6.84. The molecule has 23 heavy (non-hydrogen) atoms. The Morgan fingerprint density at radius 3 is 2.87 bits per heavy atom. The van der Waals surface area contributed by atoms with Crippen LogP contribution in [0.4, 0.5) is 5.13 Å². The number of nitrogens with zero attached hydrogens (tertiary/aromatic N) is 1. The lowest BCUT2D eigenvalue weighted by Gasteiger charge is -2.03. The number of fused-ring (bicyclic) bond motifs is 1. The second-order valence-electron chi connectivity index (χ2n) is 4.70. The van der Waals surface area contributed by atoms with Gasteiger partial charge in [0.2, 0.25) is 5.91 Å². The van der Waals surface area contributed by atoms with Crippen molar-refractivity contribution in [2.45, 2.75) is 0 Å². The van der Waals surface area contributed by atoms with E-state index in [4.69, 9.17) is 4.74 Å². The molecule has 0 fully saturated rings. The lowest BCUT2D eigenvalue weighted by atomic mass is 10.2. The van der Waals surface area contributed by atoms with Crippen LogP contribution in [-0.4, -0.2) is 18.0 Å². The number of para-hydroxylation sites is 1. The maximum Gasteiger partial charge on any atom is 0.250 e. The van der Waals surface area contributed by atoms with E-state index in [1.807, 2.05) is 42.5 Å². The van der Waals surface area contributed by atoms with E-state index in [1.54, 1.807) is 13.2 Å². The van der Waals surface area contributed by atoms with Gasteiger partial charge in [-0.1, -0.05) is 29.5 Å². The number of amides is 1. The van der Waals surface area contributed by atoms with Crippen molar-refractivity contribution < 1.29 is 9.53 Å². The highest BCUT2D eigenvalue weighted by Gasteiger charge is 2.05. The van der Waals surface area contributed by atoms with E-state index in [-0.39, 0.29) is 5.91 Å². The van der Waals surface area contributed by atoms with Crippen LogP contribution in [-0.2, 0) is 4.79 Å². The molecular weight excluding hydrogens is 376 g/mol. The molecule has 2 aromatic carbocycles. The molecule has 3 aromatic rings. The van der Waals surface area contributed by atoms with Crippen LogP contribution in [0.2, 0.25) is 0 Å². The predicted molar refractivity (Wildman–Crippen MR) is 98.0 cm³/mol. The summed E-state index contributed by atoms with van der Waals surface area (Å²) in [4.78, 5) is 16.4. The summed E-state index contributed by atoms with van der Waals surface area (Å²) < 4.78 is 7.06. The molecule has 0 atom stereocenters. The van der Waals surface area contributed by atoms with Crippen molar-refractivity contribution in [3.05, 3.63) is 58.6 Å². The van der Waals surface area contributed by atoms with Crippen LogP contribution < -0.4 is 10.1 Å². The Kier molecular flexibility index (Phi) is 4.73. The van der Waals surface area contributed by atoms with Crippen molar-refractivity contribution in [3.8, 4) is 5.75 Å². The molecule has 0 aliphatic heterocycles. The van der Waals surface area contributed by atoms with Crippen molar-refractivity contribution in [2.24, 2.45) is 0 Å². The number of hydrogen-bond donors (Lipinski definition) is 1. The Bertz CT molecular complexity index is 856. The summed E-state index contributed by atoms with van der Waals surface area (Å²) in [6.07, 6.45) is 3.23. The molecule has 6 heteroatoms. The summed E-state index contributed by atoms with van der Waals surface area (Å²) in [5, 5.41) is 3.38. The fourth-order valence-electron chi connectivity index (χ4n) is 2.03. The molecule has 0 radical (unpaired) electrons. The lowest BCUT2D eigenvalue weighted by Crippen LogP contribution is -2.07. The third-order valence-electron chi connectivity index (χ3n) is 3.13. The zero-order valence-electron chi connectivity index (χ0n) is 12.2. The Morgan fingerprint density at radius 2 is 2.13 bits per heavy atom. The highest BCUT2D eigenvalue weighted by molar-refractivity contribution is 9.10. The number of aromatic nitrogens is 1. The number of anilines is 1. The van der Waals surface area contributed by atoms with Gasteiger partial charge in [0, 0.05) is 6.08 Å². The molecule has 1 amide bonds. The molecule has 4 nitrogen and oxygen atoms in total. The summed E-state index contributed by atoms with van der Waals surface area (Å²) in [6, 6.07) is 13.4. The first-order valence-corrected chi connectivity index (χ1v) is 8.45. The molecule has 0 unspecified atom stereocenters. The van der Waals surface area contributed by atoms with Crippen molar-refractivity contribution >= 4 is 54.6 Å². The van der Waals surface area contributed by atoms with Gasteiger partial charge < -0.3 is 4.74 Å². The molecule has 0 spiro atoms. The number of thiazole rings is 1. The maximum absolute atomic E-state index is 12.0. The minimum Gasteiger partial charge on any atom is -0.496 e. The van der Waals surface area contributed by atoms with E-state index < -0.39 is 0 Å². The van der Waals surface area contributed by atoms with Crippen LogP contribution in [0.5, 0.6) is 5.75 Å². The van der Waals surface area contributed by atoms with Gasteiger partial charge in [0.1, 0.15) is 5.75 Å².